The molecule has 0 unspecified atom stereocenters. The minimum atomic E-state index is 0.544. The van der Waals surface area contributed by atoms with Crippen LogP contribution in [0.2, 0.25) is 5.02 Å². The number of benzene rings is 1. The van der Waals surface area contributed by atoms with Crippen LogP contribution < -0.4 is 0 Å². The van der Waals surface area contributed by atoms with Crippen LogP contribution in [0.4, 0.5) is 0 Å². The van der Waals surface area contributed by atoms with Crippen molar-refractivity contribution in [3.05, 3.63) is 34.9 Å². The van der Waals surface area contributed by atoms with Crippen molar-refractivity contribution < 1.29 is 0 Å². The Hall–Kier alpha value is -0.820. The maximum absolute atomic E-state index is 7.27. The zero-order chi connectivity index (χ0) is 7.56. The molecule has 0 radical (unpaired) electrons. The second-order valence-electron chi connectivity index (χ2n) is 2.14. The van der Waals surface area contributed by atoms with Crippen LogP contribution in [-0.4, -0.2) is 5.71 Å². The molecule has 1 rings (SSSR count). The molecular formula is C8H8ClN. The van der Waals surface area contributed by atoms with Crippen LogP contribution >= 0.6 is 11.6 Å². The van der Waals surface area contributed by atoms with E-state index >= 15 is 0 Å². The van der Waals surface area contributed by atoms with E-state index in [-0.39, 0.29) is 0 Å². The van der Waals surface area contributed by atoms with E-state index in [2.05, 4.69) is 0 Å². The zero-order valence-corrected chi connectivity index (χ0v) is 6.44. The highest BCUT2D eigenvalue weighted by molar-refractivity contribution is 6.31. The molecule has 1 aromatic carbocycles. The number of halogens is 1. The summed E-state index contributed by atoms with van der Waals surface area (Å²) in [5, 5.41) is 7.96. The summed E-state index contributed by atoms with van der Waals surface area (Å²) in [6, 6.07) is 7.29. The van der Waals surface area contributed by atoms with Gasteiger partial charge in [-0.1, -0.05) is 23.7 Å². The molecule has 1 N–H and O–H groups in total. The van der Waals surface area contributed by atoms with E-state index in [9.17, 15) is 0 Å². The third-order valence-corrected chi connectivity index (χ3v) is 1.49. The van der Waals surface area contributed by atoms with Crippen LogP contribution in [0.1, 0.15) is 12.5 Å². The van der Waals surface area contributed by atoms with Crippen molar-refractivity contribution in [1.29, 1.82) is 5.41 Å². The molecular weight excluding hydrogens is 146 g/mol. The Balaban J connectivity index is 3.07. The SMILES string of the molecule is CC(=N)c1cccc(Cl)c1. The molecule has 0 bridgehead atoms. The van der Waals surface area contributed by atoms with Gasteiger partial charge in [0.25, 0.3) is 0 Å². The van der Waals surface area contributed by atoms with Gasteiger partial charge in [0.1, 0.15) is 0 Å². The fraction of sp³-hybridized carbons (Fsp3) is 0.125. The summed E-state index contributed by atoms with van der Waals surface area (Å²) in [7, 11) is 0. The van der Waals surface area contributed by atoms with Gasteiger partial charge in [0.15, 0.2) is 0 Å². The quantitative estimate of drug-likeness (QED) is 0.600. The first-order valence-corrected chi connectivity index (χ1v) is 3.39. The van der Waals surface area contributed by atoms with Crippen molar-refractivity contribution in [1.82, 2.24) is 0 Å². The largest absolute Gasteiger partial charge is 0.305 e. The molecule has 0 aliphatic rings. The average Bonchev–Trinajstić information content (AvgIpc) is 1.88. The monoisotopic (exact) mass is 153 g/mol. The molecule has 0 saturated carbocycles. The normalized spacial score (nSPS) is 9.40. The van der Waals surface area contributed by atoms with Gasteiger partial charge in [-0.3, -0.25) is 0 Å². The molecule has 1 aromatic rings. The van der Waals surface area contributed by atoms with Crippen molar-refractivity contribution in [3.8, 4) is 0 Å². The van der Waals surface area contributed by atoms with Crippen LogP contribution in [0, 0.1) is 5.41 Å². The Bertz CT molecular complexity index is 255. The van der Waals surface area contributed by atoms with E-state index in [0.717, 1.165) is 5.56 Å². The van der Waals surface area contributed by atoms with Crippen LogP contribution in [-0.2, 0) is 0 Å². The smallest absolute Gasteiger partial charge is 0.0412 e. The van der Waals surface area contributed by atoms with Crippen molar-refractivity contribution in [2.75, 3.05) is 0 Å². The first kappa shape index (κ1) is 7.29. The predicted octanol–water partition coefficient (Wildman–Crippen LogP) is 2.73. The molecule has 10 heavy (non-hydrogen) atoms. The third-order valence-electron chi connectivity index (χ3n) is 1.26. The molecule has 0 heterocycles. The fourth-order valence-corrected chi connectivity index (χ4v) is 0.912. The summed E-state index contributed by atoms with van der Waals surface area (Å²) in [6.07, 6.45) is 0. The van der Waals surface area contributed by atoms with Gasteiger partial charge < -0.3 is 5.41 Å². The minimum absolute atomic E-state index is 0.544. The minimum Gasteiger partial charge on any atom is -0.305 e. The Labute approximate surface area is 65.1 Å². The number of hydrogen-bond acceptors (Lipinski definition) is 1. The van der Waals surface area contributed by atoms with E-state index in [4.69, 9.17) is 17.0 Å². The maximum Gasteiger partial charge on any atom is 0.0412 e. The number of nitrogens with one attached hydrogen (secondary N) is 1. The van der Waals surface area contributed by atoms with Crippen molar-refractivity contribution in [2.45, 2.75) is 6.92 Å². The number of rotatable bonds is 1. The van der Waals surface area contributed by atoms with E-state index in [0.29, 0.717) is 10.7 Å². The van der Waals surface area contributed by atoms with Gasteiger partial charge in [-0.25, -0.2) is 0 Å². The topological polar surface area (TPSA) is 23.9 Å². The van der Waals surface area contributed by atoms with Crippen molar-refractivity contribution in [2.24, 2.45) is 0 Å². The van der Waals surface area contributed by atoms with Gasteiger partial charge in [-0.2, -0.15) is 0 Å². The first-order valence-electron chi connectivity index (χ1n) is 3.01. The molecule has 0 aromatic heterocycles. The van der Waals surface area contributed by atoms with Gasteiger partial charge in [0.05, 0.1) is 0 Å². The van der Waals surface area contributed by atoms with Gasteiger partial charge >= 0.3 is 0 Å². The van der Waals surface area contributed by atoms with Crippen LogP contribution in [0.5, 0.6) is 0 Å². The summed E-state index contributed by atoms with van der Waals surface area (Å²) < 4.78 is 0. The highest BCUT2D eigenvalue weighted by Crippen LogP contribution is 2.10. The standard InChI is InChI=1S/C8H8ClN/c1-6(10)7-3-2-4-8(9)5-7/h2-5,10H,1H3. The second-order valence-corrected chi connectivity index (χ2v) is 2.57. The Morgan fingerprint density at radius 2 is 2.20 bits per heavy atom. The Morgan fingerprint density at radius 3 is 2.60 bits per heavy atom. The second kappa shape index (κ2) is 2.84. The molecule has 52 valence electrons. The van der Waals surface area contributed by atoms with Crippen molar-refractivity contribution >= 4 is 17.3 Å². The molecule has 0 spiro atoms. The van der Waals surface area contributed by atoms with Crippen LogP contribution in [0.3, 0.4) is 0 Å². The summed E-state index contributed by atoms with van der Waals surface area (Å²) in [5.74, 6) is 0. The lowest BCUT2D eigenvalue weighted by Crippen LogP contribution is -1.89. The molecule has 0 atom stereocenters. The molecule has 0 aliphatic heterocycles. The molecule has 0 saturated heterocycles. The number of hydrogen-bond donors (Lipinski definition) is 1. The van der Waals surface area contributed by atoms with Crippen molar-refractivity contribution in [3.63, 3.8) is 0 Å². The Morgan fingerprint density at radius 1 is 1.50 bits per heavy atom. The van der Waals surface area contributed by atoms with Gasteiger partial charge in [-0.15, -0.1) is 0 Å². The van der Waals surface area contributed by atoms with E-state index in [1.54, 1.807) is 19.1 Å². The van der Waals surface area contributed by atoms with E-state index in [1.165, 1.54) is 0 Å². The Kier molecular flexibility index (Phi) is 2.07. The lowest BCUT2D eigenvalue weighted by atomic mass is 10.1. The zero-order valence-electron chi connectivity index (χ0n) is 5.69. The van der Waals surface area contributed by atoms with Gasteiger partial charge in [0.2, 0.25) is 0 Å². The highest BCUT2D eigenvalue weighted by atomic mass is 35.5. The van der Waals surface area contributed by atoms with Crippen LogP contribution in [0.15, 0.2) is 24.3 Å². The summed E-state index contributed by atoms with van der Waals surface area (Å²) >= 11 is 5.69. The summed E-state index contributed by atoms with van der Waals surface area (Å²) in [4.78, 5) is 0. The highest BCUT2D eigenvalue weighted by Gasteiger charge is 1.93. The predicted molar refractivity (Wildman–Crippen MR) is 44.0 cm³/mol. The third kappa shape index (κ3) is 1.58. The van der Waals surface area contributed by atoms with Gasteiger partial charge in [0, 0.05) is 10.7 Å². The average molecular weight is 154 g/mol. The first-order chi connectivity index (χ1) is 4.70. The summed E-state index contributed by atoms with van der Waals surface area (Å²) in [5.41, 5.74) is 1.43. The van der Waals surface area contributed by atoms with Gasteiger partial charge in [-0.05, 0) is 24.6 Å². The van der Waals surface area contributed by atoms with Crippen LogP contribution in [0.25, 0.3) is 0 Å². The van der Waals surface area contributed by atoms with E-state index < -0.39 is 0 Å². The lowest BCUT2D eigenvalue weighted by molar-refractivity contribution is 1.46. The van der Waals surface area contributed by atoms with E-state index in [1.807, 2.05) is 12.1 Å². The summed E-state index contributed by atoms with van der Waals surface area (Å²) in [6.45, 7) is 1.74. The fourth-order valence-electron chi connectivity index (χ4n) is 0.722. The molecule has 2 heteroatoms. The maximum atomic E-state index is 7.27. The lowest BCUT2D eigenvalue weighted by Gasteiger charge is -1.96. The molecule has 0 amide bonds. The molecule has 0 aliphatic carbocycles. The molecule has 1 nitrogen and oxygen atoms in total. The molecule has 0 fully saturated rings.